The summed E-state index contributed by atoms with van der Waals surface area (Å²) in [6, 6.07) is 63.0. The predicted molar refractivity (Wildman–Crippen MR) is 209 cm³/mol. The molecule has 8 aromatic carbocycles. The highest BCUT2D eigenvalue weighted by Gasteiger charge is 2.19. The normalized spacial score (nSPS) is 11.7. The molecule has 0 amide bonds. The lowest BCUT2D eigenvalue weighted by atomic mass is 10.0. The topological polar surface area (TPSA) is 21.1 Å². The number of aromatic nitrogens is 2. The third-order valence-corrected chi connectivity index (χ3v) is 10.7. The van der Waals surface area contributed by atoms with Gasteiger partial charge in [-0.2, -0.15) is 0 Å². The molecule has 0 atom stereocenters. The number of anilines is 3. The van der Waals surface area contributed by atoms with Crippen molar-refractivity contribution in [3.8, 4) is 16.3 Å². The van der Waals surface area contributed by atoms with E-state index in [0.29, 0.717) is 0 Å². The molecule has 10 rings (SSSR count). The van der Waals surface area contributed by atoms with Gasteiger partial charge in [-0.25, -0.2) is 4.98 Å². The second-order valence-electron chi connectivity index (χ2n) is 12.4. The summed E-state index contributed by atoms with van der Waals surface area (Å²) in [6.45, 7) is 0. The van der Waals surface area contributed by atoms with E-state index in [2.05, 4.69) is 185 Å². The molecule has 4 heteroatoms. The monoisotopic (exact) mass is 643 g/mol. The van der Waals surface area contributed by atoms with E-state index in [1.54, 1.807) is 11.3 Å². The molecular weight excluding hydrogens is 615 g/mol. The molecule has 3 nitrogen and oxygen atoms in total. The number of benzene rings is 8. The minimum absolute atomic E-state index is 1.03. The summed E-state index contributed by atoms with van der Waals surface area (Å²) < 4.78 is 3.61. The fraction of sp³-hybridized carbons (Fsp3) is 0. The zero-order valence-corrected chi connectivity index (χ0v) is 27.3. The minimum Gasteiger partial charge on any atom is -0.310 e. The maximum absolute atomic E-state index is 5.25. The molecule has 0 aliphatic carbocycles. The molecule has 2 aromatic heterocycles. The van der Waals surface area contributed by atoms with E-state index in [9.17, 15) is 0 Å². The molecule has 0 radical (unpaired) electrons. The van der Waals surface area contributed by atoms with Crippen LogP contribution in [0.3, 0.4) is 0 Å². The first-order valence-electron chi connectivity index (χ1n) is 16.6. The Labute approximate surface area is 287 Å². The predicted octanol–water partition coefficient (Wildman–Crippen LogP) is 12.8. The van der Waals surface area contributed by atoms with Gasteiger partial charge in [-0.3, -0.25) is 0 Å². The fourth-order valence-corrected chi connectivity index (χ4v) is 8.50. The Balaban J connectivity index is 1.12. The van der Waals surface area contributed by atoms with E-state index in [1.165, 1.54) is 48.1 Å². The molecule has 0 aliphatic heterocycles. The second-order valence-corrected chi connectivity index (χ2v) is 13.4. The Bertz CT molecular complexity index is 2740. The highest BCUT2D eigenvalue weighted by atomic mass is 32.1. The van der Waals surface area contributed by atoms with Crippen LogP contribution in [-0.4, -0.2) is 9.55 Å². The molecule has 2 heterocycles. The van der Waals surface area contributed by atoms with E-state index in [4.69, 9.17) is 4.98 Å². The van der Waals surface area contributed by atoms with Gasteiger partial charge in [0.1, 0.15) is 5.01 Å². The zero-order valence-electron chi connectivity index (χ0n) is 26.5. The third kappa shape index (κ3) is 4.46. The molecule has 0 bridgehead atoms. The summed E-state index contributed by atoms with van der Waals surface area (Å²) >= 11 is 1.78. The molecule has 0 unspecified atom stereocenters. The molecule has 0 aliphatic rings. The van der Waals surface area contributed by atoms with Gasteiger partial charge in [0.05, 0.1) is 21.3 Å². The second kappa shape index (κ2) is 11.2. The molecule has 0 fully saturated rings. The van der Waals surface area contributed by atoms with Crippen molar-refractivity contribution < 1.29 is 0 Å². The van der Waals surface area contributed by atoms with Gasteiger partial charge >= 0.3 is 0 Å². The van der Waals surface area contributed by atoms with Crippen molar-refractivity contribution in [1.82, 2.24) is 9.55 Å². The Hall–Kier alpha value is -6.23. The van der Waals surface area contributed by atoms with E-state index in [0.717, 1.165) is 38.8 Å². The van der Waals surface area contributed by atoms with Crippen LogP contribution in [-0.2, 0) is 0 Å². The quantitative estimate of drug-likeness (QED) is 0.174. The van der Waals surface area contributed by atoms with Crippen molar-refractivity contribution in [3.05, 3.63) is 176 Å². The third-order valence-electron chi connectivity index (χ3n) is 9.59. The summed E-state index contributed by atoms with van der Waals surface area (Å²) in [7, 11) is 0. The van der Waals surface area contributed by atoms with Crippen molar-refractivity contribution in [2.75, 3.05) is 4.90 Å². The van der Waals surface area contributed by atoms with Crippen LogP contribution in [0.5, 0.6) is 0 Å². The van der Waals surface area contributed by atoms with Crippen molar-refractivity contribution in [2.45, 2.75) is 0 Å². The molecule has 0 spiro atoms. The lowest BCUT2D eigenvalue weighted by Gasteiger charge is -2.26. The van der Waals surface area contributed by atoms with Crippen LogP contribution >= 0.6 is 11.3 Å². The fourth-order valence-electron chi connectivity index (χ4n) is 7.38. The van der Waals surface area contributed by atoms with Crippen LogP contribution in [0, 0.1) is 0 Å². The maximum atomic E-state index is 5.25. The first-order chi connectivity index (χ1) is 24.3. The van der Waals surface area contributed by atoms with Crippen LogP contribution in [0.4, 0.5) is 17.1 Å². The van der Waals surface area contributed by atoms with E-state index in [1.807, 2.05) is 0 Å². The number of hydrogen-bond donors (Lipinski definition) is 0. The number of hydrogen-bond acceptors (Lipinski definition) is 3. The van der Waals surface area contributed by atoms with Crippen LogP contribution in [0.2, 0.25) is 0 Å². The average molecular weight is 644 g/mol. The first kappa shape index (κ1) is 27.8. The van der Waals surface area contributed by atoms with Crippen LogP contribution in [0.15, 0.2) is 176 Å². The highest BCUT2D eigenvalue weighted by Crippen LogP contribution is 2.43. The van der Waals surface area contributed by atoms with Gasteiger partial charge in [-0.1, -0.05) is 109 Å². The summed E-state index contributed by atoms with van der Waals surface area (Å²) in [4.78, 5) is 7.59. The SMILES string of the molecule is c1ccc(N(c2ccc(-c3nc4c5ccccc5c5ccccc5c4s3)cc2)c2ccc3c4ccccc4n(-c4ccccc4)c3c2)cc1. The maximum Gasteiger partial charge on any atom is 0.124 e. The molecule has 10 aromatic rings. The molecule has 0 saturated carbocycles. The smallest absolute Gasteiger partial charge is 0.124 e. The van der Waals surface area contributed by atoms with Gasteiger partial charge in [0.2, 0.25) is 0 Å². The Morgan fingerprint density at radius 3 is 1.73 bits per heavy atom. The number of thiazole rings is 1. The minimum atomic E-state index is 1.03. The lowest BCUT2D eigenvalue weighted by Crippen LogP contribution is -2.10. The summed E-state index contributed by atoms with van der Waals surface area (Å²) in [6.07, 6.45) is 0. The largest absolute Gasteiger partial charge is 0.310 e. The summed E-state index contributed by atoms with van der Waals surface area (Å²) in [5.74, 6) is 0. The lowest BCUT2D eigenvalue weighted by molar-refractivity contribution is 1.18. The average Bonchev–Trinajstić information content (AvgIpc) is 3.77. The standard InChI is InChI=1S/C45H29N3S/c1-3-13-31(14-4-1)47(34-27-28-38-37-19-11-12-22-41(37)48(42(38)29-34)32-15-5-2-6-16-32)33-25-23-30(24-26-33)45-46-43-39-20-9-7-17-35(39)36-18-8-10-21-40(36)44(43)49-45/h1-29H. The van der Waals surface area contributed by atoms with Gasteiger partial charge in [0.25, 0.3) is 0 Å². The first-order valence-corrected chi connectivity index (χ1v) is 17.4. The van der Waals surface area contributed by atoms with Crippen LogP contribution in [0.25, 0.3) is 69.8 Å². The van der Waals surface area contributed by atoms with Crippen LogP contribution < -0.4 is 4.90 Å². The van der Waals surface area contributed by atoms with E-state index in [-0.39, 0.29) is 0 Å². The number of nitrogens with zero attached hydrogens (tertiary/aromatic N) is 3. The summed E-state index contributed by atoms with van der Waals surface area (Å²) in [5.41, 5.74) is 9.02. The molecule has 0 N–H and O–H groups in total. The van der Waals surface area contributed by atoms with Crippen molar-refractivity contribution >= 4 is 82.0 Å². The Morgan fingerprint density at radius 2 is 0.980 bits per heavy atom. The Morgan fingerprint density at radius 1 is 0.429 bits per heavy atom. The van der Waals surface area contributed by atoms with E-state index < -0.39 is 0 Å². The summed E-state index contributed by atoms with van der Waals surface area (Å²) in [5, 5.41) is 8.51. The highest BCUT2D eigenvalue weighted by molar-refractivity contribution is 7.22. The number of fused-ring (bicyclic) bond motifs is 9. The van der Waals surface area contributed by atoms with Crippen molar-refractivity contribution in [2.24, 2.45) is 0 Å². The molecular formula is C45H29N3S. The van der Waals surface area contributed by atoms with Gasteiger partial charge < -0.3 is 9.47 Å². The molecule has 230 valence electrons. The van der Waals surface area contributed by atoms with Crippen molar-refractivity contribution in [1.29, 1.82) is 0 Å². The van der Waals surface area contributed by atoms with Gasteiger partial charge in [-0.05, 0) is 77.5 Å². The van der Waals surface area contributed by atoms with Crippen molar-refractivity contribution in [3.63, 3.8) is 0 Å². The molecule has 0 saturated heterocycles. The Kier molecular flexibility index (Phi) is 6.36. The number of para-hydroxylation sites is 3. The van der Waals surface area contributed by atoms with Gasteiger partial charge in [0, 0.05) is 49.9 Å². The van der Waals surface area contributed by atoms with Gasteiger partial charge in [-0.15, -0.1) is 11.3 Å². The van der Waals surface area contributed by atoms with Gasteiger partial charge in [0.15, 0.2) is 0 Å². The van der Waals surface area contributed by atoms with Crippen LogP contribution in [0.1, 0.15) is 0 Å². The van der Waals surface area contributed by atoms with E-state index >= 15 is 0 Å². The number of rotatable bonds is 5. The molecule has 49 heavy (non-hydrogen) atoms. The zero-order chi connectivity index (χ0) is 32.3.